The molecule has 0 spiro atoms. The molecule has 1 aromatic heterocycles. The second kappa shape index (κ2) is 2.01. The maximum atomic E-state index is 5.30. The molecule has 1 aliphatic carbocycles. The van der Waals surface area contributed by atoms with Gasteiger partial charge in [-0.05, 0) is 18.8 Å². The van der Waals surface area contributed by atoms with Gasteiger partial charge in [0, 0.05) is 6.42 Å². The first-order chi connectivity index (χ1) is 4.84. The first kappa shape index (κ1) is 5.77. The number of nitrogen functional groups attached to an aromatic ring is 1. The van der Waals surface area contributed by atoms with Gasteiger partial charge in [-0.25, -0.2) is 4.98 Å². The Morgan fingerprint density at radius 3 is 3.00 bits per heavy atom. The number of oxazole rings is 1. The number of aromatic nitrogens is 1. The number of rotatable bonds is 2. The van der Waals surface area contributed by atoms with E-state index in [9.17, 15) is 0 Å². The lowest BCUT2D eigenvalue weighted by molar-refractivity contribution is 0.510. The van der Waals surface area contributed by atoms with Crippen LogP contribution in [-0.2, 0) is 6.42 Å². The van der Waals surface area contributed by atoms with Crippen LogP contribution >= 0.6 is 0 Å². The fourth-order valence-corrected chi connectivity index (χ4v) is 1.02. The molecule has 10 heavy (non-hydrogen) atoms. The van der Waals surface area contributed by atoms with E-state index in [-0.39, 0.29) is 6.01 Å². The van der Waals surface area contributed by atoms with Crippen LogP contribution in [-0.4, -0.2) is 4.98 Å². The summed E-state index contributed by atoms with van der Waals surface area (Å²) < 4.78 is 5.10. The molecule has 2 N–H and O–H groups in total. The summed E-state index contributed by atoms with van der Waals surface area (Å²) >= 11 is 0. The van der Waals surface area contributed by atoms with Gasteiger partial charge in [0.25, 0.3) is 6.01 Å². The molecule has 0 bridgehead atoms. The molecule has 1 fully saturated rings. The minimum absolute atomic E-state index is 0.288. The molecule has 1 aliphatic rings. The zero-order chi connectivity index (χ0) is 6.97. The normalized spacial score (nSPS) is 17.6. The molecule has 3 nitrogen and oxygen atoms in total. The Hall–Kier alpha value is -0.990. The topological polar surface area (TPSA) is 52.0 Å². The van der Waals surface area contributed by atoms with Crippen molar-refractivity contribution in [1.82, 2.24) is 4.98 Å². The molecule has 0 atom stereocenters. The minimum Gasteiger partial charge on any atom is -0.429 e. The maximum absolute atomic E-state index is 5.30. The SMILES string of the molecule is Nc1ncc(CC2CC2)o1. The monoisotopic (exact) mass is 138 g/mol. The highest BCUT2D eigenvalue weighted by Gasteiger charge is 2.22. The van der Waals surface area contributed by atoms with Crippen LogP contribution in [0.15, 0.2) is 10.6 Å². The molecule has 1 saturated carbocycles. The third-order valence-corrected chi connectivity index (χ3v) is 1.76. The Kier molecular flexibility index (Phi) is 1.16. The van der Waals surface area contributed by atoms with Crippen LogP contribution in [0.4, 0.5) is 6.01 Å². The molecular weight excluding hydrogens is 128 g/mol. The van der Waals surface area contributed by atoms with E-state index in [1.54, 1.807) is 6.20 Å². The zero-order valence-corrected chi connectivity index (χ0v) is 5.71. The van der Waals surface area contributed by atoms with Gasteiger partial charge in [0.2, 0.25) is 0 Å². The third-order valence-electron chi connectivity index (χ3n) is 1.76. The molecule has 0 amide bonds. The fourth-order valence-electron chi connectivity index (χ4n) is 1.02. The van der Waals surface area contributed by atoms with Crippen LogP contribution < -0.4 is 5.73 Å². The van der Waals surface area contributed by atoms with Crippen LogP contribution in [0.2, 0.25) is 0 Å². The van der Waals surface area contributed by atoms with Crippen molar-refractivity contribution in [2.45, 2.75) is 19.3 Å². The van der Waals surface area contributed by atoms with Crippen LogP contribution in [0.25, 0.3) is 0 Å². The van der Waals surface area contributed by atoms with E-state index in [1.807, 2.05) is 0 Å². The first-order valence-electron chi connectivity index (χ1n) is 3.55. The average molecular weight is 138 g/mol. The van der Waals surface area contributed by atoms with Gasteiger partial charge in [0.05, 0.1) is 6.20 Å². The van der Waals surface area contributed by atoms with Gasteiger partial charge in [0.1, 0.15) is 5.76 Å². The predicted octanol–water partition coefficient (Wildman–Crippen LogP) is 1.21. The summed E-state index contributed by atoms with van der Waals surface area (Å²) in [6.07, 6.45) is 5.40. The summed E-state index contributed by atoms with van der Waals surface area (Å²) in [5.41, 5.74) is 5.30. The number of nitrogens with zero attached hydrogens (tertiary/aromatic N) is 1. The van der Waals surface area contributed by atoms with E-state index >= 15 is 0 Å². The van der Waals surface area contributed by atoms with Crippen LogP contribution in [0, 0.1) is 5.92 Å². The van der Waals surface area contributed by atoms with Crippen molar-refractivity contribution in [3.8, 4) is 0 Å². The number of hydrogen-bond donors (Lipinski definition) is 1. The molecule has 2 rings (SSSR count). The van der Waals surface area contributed by atoms with Crippen LogP contribution in [0.5, 0.6) is 0 Å². The van der Waals surface area contributed by atoms with Gasteiger partial charge in [0.15, 0.2) is 0 Å². The number of nitrogens with two attached hydrogens (primary N) is 1. The van der Waals surface area contributed by atoms with Crippen LogP contribution in [0.1, 0.15) is 18.6 Å². The Labute approximate surface area is 59.2 Å². The van der Waals surface area contributed by atoms with E-state index < -0.39 is 0 Å². The van der Waals surface area contributed by atoms with Gasteiger partial charge in [-0.15, -0.1) is 0 Å². The van der Waals surface area contributed by atoms with Crippen LogP contribution in [0.3, 0.4) is 0 Å². The smallest absolute Gasteiger partial charge is 0.292 e. The molecule has 0 radical (unpaired) electrons. The van der Waals surface area contributed by atoms with Crippen molar-refractivity contribution in [3.63, 3.8) is 0 Å². The number of hydrogen-bond acceptors (Lipinski definition) is 3. The highest BCUT2D eigenvalue weighted by molar-refractivity contribution is 5.11. The quantitative estimate of drug-likeness (QED) is 0.668. The van der Waals surface area contributed by atoms with Gasteiger partial charge < -0.3 is 10.2 Å². The minimum atomic E-state index is 0.288. The summed E-state index contributed by atoms with van der Waals surface area (Å²) in [5, 5.41) is 0. The summed E-state index contributed by atoms with van der Waals surface area (Å²) in [6.45, 7) is 0. The Morgan fingerprint density at radius 2 is 2.50 bits per heavy atom. The third kappa shape index (κ3) is 1.12. The van der Waals surface area contributed by atoms with E-state index in [0.717, 1.165) is 18.1 Å². The molecule has 0 saturated heterocycles. The largest absolute Gasteiger partial charge is 0.429 e. The molecule has 54 valence electrons. The standard InChI is InChI=1S/C7H10N2O/c8-7-9-4-6(10-7)3-5-1-2-5/h4-5H,1-3H2,(H2,8,9). The van der Waals surface area contributed by atoms with Crippen molar-refractivity contribution in [1.29, 1.82) is 0 Å². The summed E-state index contributed by atoms with van der Waals surface area (Å²) in [4.78, 5) is 3.81. The number of anilines is 1. The van der Waals surface area contributed by atoms with Gasteiger partial charge >= 0.3 is 0 Å². The summed E-state index contributed by atoms with van der Waals surface area (Å²) in [6, 6.07) is 0.288. The van der Waals surface area contributed by atoms with Gasteiger partial charge in [-0.2, -0.15) is 0 Å². The summed E-state index contributed by atoms with van der Waals surface area (Å²) in [7, 11) is 0. The van der Waals surface area contributed by atoms with Gasteiger partial charge in [-0.1, -0.05) is 0 Å². The Morgan fingerprint density at radius 1 is 1.70 bits per heavy atom. The predicted molar refractivity (Wildman–Crippen MR) is 37.3 cm³/mol. The second-order valence-corrected chi connectivity index (χ2v) is 2.81. The average Bonchev–Trinajstić information content (AvgIpc) is 2.59. The molecule has 0 unspecified atom stereocenters. The Bertz CT molecular complexity index is 227. The molecule has 0 aliphatic heterocycles. The van der Waals surface area contributed by atoms with Crippen molar-refractivity contribution in [2.75, 3.05) is 5.73 Å². The highest BCUT2D eigenvalue weighted by Crippen LogP contribution is 2.32. The van der Waals surface area contributed by atoms with E-state index in [2.05, 4.69) is 4.98 Å². The maximum Gasteiger partial charge on any atom is 0.292 e. The first-order valence-corrected chi connectivity index (χ1v) is 3.55. The summed E-state index contributed by atoms with van der Waals surface area (Å²) in [5.74, 6) is 1.77. The van der Waals surface area contributed by atoms with Crippen molar-refractivity contribution in [2.24, 2.45) is 5.92 Å². The molecular formula is C7H10N2O. The van der Waals surface area contributed by atoms with E-state index in [4.69, 9.17) is 10.2 Å². The molecule has 0 aromatic carbocycles. The van der Waals surface area contributed by atoms with E-state index in [1.165, 1.54) is 12.8 Å². The second-order valence-electron chi connectivity index (χ2n) is 2.81. The lowest BCUT2D eigenvalue weighted by Gasteiger charge is -1.87. The van der Waals surface area contributed by atoms with Crippen molar-refractivity contribution in [3.05, 3.63) is 12.0 Å². The highest BCUT2D eigenvalue weighted by atomic mass is 16.4. The van der Waals surface area contributed by atoms with Crippen molar-refractivity contribution >= 4 is 6.01 Å². The van der Waals surface area contributed by atoms with Crippen molar-refractivity contribution < 1.29 is 4.42 Å². The van der Waals surface area contributed by atoms with Gasteiger partial charge in [-0.3, -0.25) is 0 Å². The zero-order valence-electron chi connectivity index (χ0n) is 5.71. The lowest BCUT2D eigenvalue weighted by atomic mass is 10.2. The van der Waals surface area contributed by atoms with E-state index in [0.29, 0.717) is 0 Å². The molecule has 3 heteroatoms. The molecule has 1 aromatic rings. The molecule has 1 heterocycles. The fraction of sp³-hybridized carbons (Fsp3) is 0.571. The lowest BCUT2D eigenvalue weighted by Crippen LogP contribution is -1.82. The Balaban J connectivity index is 2.03.